The summed E-state index contributed by atoms with van der Waals surface area (Å²) < 4.78 is 3.09. The van der Waals surface area contributed by atoms with Gasteiger partial charge < -0.3 is 0 Å². The van der Waals surface area contributed by atoms with Gasteiger partial charge in [0.15, 0.2) is 0 Å². The topological polar surface area (TPSA) is 0 Å². The third-order valence-corrected chi connectivity index (χ3v) is 6.17. The van der Waals surface area contributed by atoms with Gasteiger partial charge in [0.05, 0.1) is 0 Å². The number of halogens is 2. The van der Waals surface area contributed by atoms with Crippen molar-refractivity contribution < 1.29 is 0 Å². The number of hydrogen-bond donors (Lipinski definition) is 0. The molecule has 0 saturated heterocycles. The molecule has 0 aromatic carbocycles. The molecule has 0 N–H and O–H groups in total. The Morgan fingerprint density at radius 3 is 1.33 bits per heavy atom. The van der Waals surface area contributed by atoms with Gasteiger partial charge in [0.1, 0.15) is 0 Å². The molecule has 0 rings (SSSR count). The molecule has 0 bridgehead atoms. The molecule has 0 radical (unpaired) electrons. The number of rotatable bonds is 12. The Bertz CT molecular complexity index is 97.8. The van der Waals surface area contributed by atoms with Gasteiger partial charge in [0.25, 0.3) is 0 Å². The van der Waals surface area contributed by atoms with Gasteiger partial charge in [0.2, 0.25) is 0 Å². The van der Waals surface area contributed by atoms with Crippen molar-refractivity contribution in [1.29, 1.82) is 0 Å². The van der Waals surface area contributed by atoms with Gasteiger partial charge in [-0.05, 0) is 0 Å². The Morgan fingerprint density at radius 2 is 0.933 bits per heavy atom. The predicted molar refractivity (Wildman–Crippen MR) is 73.7 cm³/mol. The van der Waals surface area contributed by atoms with Crippen molar-refractivity contribution in [3.63, 3.8) is 0 Å². The summed E-state index contributed by atoms with van der Waals surface area (Å²) in [7, 11) is 0. The fourth-order valence-electron chi connectivity index (χ4n) is 1.41. The molecule has 0 spiro atoms. The van der Waals surface area contributed by atoms with Crippen molar-refractivity contribution in [2.45, 2.75) is 60.3 Å². The van der Waals surface area contributed by atoms with E-state index in [0.29, 0.717) is 20.9 Å². The molecule has 0 fully saturated rings. The molecule has 0 aliphatic heterocycles. The fraction of sp³-hybridized carbons (Fsp3) is 1.00. The Morgan fingerprint density at radius 1 is 0.533 bits per heavy atom. The van der Waals surface area contributed by atoms with Gasteiger partial charge in [-0.15, -0.1) is 0 Å². The van der Waals surface area contributed by atoms with Crippen molar-refractivity contribution in [1.82, 2.24) is 0 Å². The number of alkyl halides is 2. The van der Waals surface area contributed by atoms with E-state index >= 15 is 0 Å². The van der Waals surface area contributed by atoms with Crippen LogP contribution in [0.3, 0.4) is 0 Å². The molecule has 3 heteroatoms. The van der Waals surface area contributed by atoms with E-state index in [-0.39, 0.29) is 0 Å². The fourth-order valence-corrected chi connectivity index (χ4v) is 4.70. The van der Waals surface area contributed by atoms with Crippen molar-refractivity contribution in [3.05, 3.63) is 0 Å². The van der Waals surface area contributed by atoms with Crippen molar-refractivity contribution in [2.24, 2.45) is 0 Å². The molecular weight excluding hydrogens is 343 g/mol. The zero-order valence-electron chi connectivity index (χ0n) is 9.65. The van der Waals surface area contributed by atoms with Gasteiger partial charge in [-0.3, -0.25) is 0 Å². The standard InChI is InChI=1S/C12H24Cl2Te/c13-9-5-1-3-7-11-15-12-8-4-2-6-10-14/h1-12H2. The SMILES string of the molecule is ClCCCCCC[Te]CCCCCCCl. The van der Waals surface area contributed by atoms with Crippen LogP contribution in [0.25, 0.3) is 0 Å². The molecule has 0 aromatic rings. The van der Waals surface area contributed by atoms with E-state index in [2.05, 4.69) is 0 Å². The molecule has 0 aromatic heterocycles. The molecule has 92 valence electrons. The monoisotopic (exact) mass is 368 g/mol. The Hall–Kier alpha value is 1.37. The van der Waals surface area contributed by atoms with Crippen LogP contribution in [-0.4, -0.2) is 32.7 Å². The van der Waals surface area contributed by atoms with Crippen LogP contribution in [0, 0.1) is 0 Å². The summed E-state index contributed by atoms with van der Waals surface area (Å²) >= 11 is 11.6. The molecular formula is C12H24Cl2Te. The van der Waals surface area contributed by atoms with E-state index in [9.17, 15) is 0 Å². The molecule has 0 atom stereocenters. The summed E-state index contributed by atoms with van der Waals surface area (Å²) in [5, 5.41) is 0. The minimum atomic E-state index is 0.350. The summed E-state index contributed by atoms with van der Waals surface area (Å²) in [5.41, 5.74) is 0. The summed E-state index contributed by atoms with van der Waals surface area (Å²) in [5.74, 6) is 1.69. The Balaban J connectivity index is 2.81. The van der Waals surface area contributed by atoms with E-state index in [1.165, 1.54) is 51.4 Å². The Labute approximate surface area is 116 Å². The summed E-state index contributed by atoms with van der Waals surface area (Å²) in [6.07, 6.45) is 10.8. The molecule has 0 heterocycles. The molecule has 0 aliphatic rings. The average Bonchev–Trinajstić information content (AvgIpc) is 2.26. The quantitative estimate of drug-likeness (QED) is 0.255. The molecule has 0 unspecified atom stereocenters. The third kappa shape index (κ3) is 15.4. The molecule has 0 saturated carbocycles. The van der Waals surface area contributed by atoms with Gasteiger partial charge in [0, 0.05) is 0 Å². The second-order valence-corrected chi connectivity index (χ2v) is 8.07. The zero-order chi connectivity index (χ0) is 11.2. The molecule has 15 heavy (non-hydrogen) atoms. The van der Waals surface area contributed by atoms with Crippen LogP contribution in [0.5, 0.6) is 0 Å². The van der Waals surface area contributed by atoms with Crippen molar-refractivity contribution >= 4 is 44.1 Å². The van der Waals surface area contributed by atoms with E-state index in [1.54, 1.807) is 8.94 Å². The first-order valence-corrected chi connectivity index (χ1v) is 10.5. The van der Waals surface area contributed by atoms with Gasteiger partial charge >= 0.3 is 116 Å². The van der Waals surface area contributed by atoms with E-state index < -0.39 is 0 Å². The number of unbranched alkanes of at least 4 members (excludes halogenated alkanes) is 6. The normalized spacial score (nSPS) is 10.8. The van der Waals surface area contributed by atoms with Gasteiger partial charge in [-0.1, -0.05) is 0 Å². The zero-order valence-corrected chi connectivity index (χ0v) is 13.5. The third-order valence-electron chi connectivity index (χ3n) is 2.34. The number of hydrogen-bond acceptors (Lipinski definition) is 0. The minimum absolute atomic E-state index is 0.350. The van der Waals surface area contributed by atoms with Crippen LogP contribution < -0.4 is 0 Å². The molecule has 0 aliphatic carbocycles. The Kier molecular flexibility index (Phi) is 16.8. The van der Waals surface area contributed by atoms with Gasteiger partial charge in [-0.2, -0.15) is 0 Å². The summed E-state index contributed by atoms with van der Waals surface area (Å²) in [6.45, 7) is 0. The second kappa shape index (κ2) is 15.4. The maximum atomic E-state index is 5.62. The van der Waals surface area contributed by atoms with Crippen LogP contribution >= 0.6 is 23.2 Å². The van der Waals surface area contributed by atoms with Crippen LogP contribution in [0.4, 0.5) is 0 Å². The van der Waals surface area contributed by atoms with Crippen molar-refractivity contribution in [2.75, 3.05) is 11.8 Å². The maximum absolute atomic E-state index is 5.62. The van der Waals surface area contributed by atoms with Crippen LogP contribution in [0.2, 0.25) is 8.94 Å². The van der Waals surface area contributed by atoms with E-state index in [4.69, 9.17) is 23.2 Å². The van der Waals surface area contributed by atoms with Gasteiger partial charge in [-0.25, -0.2) is 0 Å². The summed E-state index contributed by atoms with van der Waals surface area (Å²) in [4.78, 5) is 0. The average molecular weight is 367 g/mol. The van der Waals surface area contributed by atoms with Crippen LogP contribution in [-0.2, 0) is 0 Å². The predicted octanol–water partition coefficient (Wildman–Crippen LogP) is 5.13. The molecule has 0 amide bonds. The summed E-state index contributed by atoms with van der Waals surface area (Å²) in [6, 6.07) is 0. The van der Waals surface area contributed by atoms with Crippen molar-refractivity contribution in [3.8, 4) is 0 Å². The van der Waals surface area contributed by atoms with E-state index in [1.807, 2.05) is 0 Å². The van der Waals surface area contributed by atoms with E-state index in [0.717, 1.165) is 11.8 Å². The van der Waals surface area contributed by atoms with Crippen LogP contribution in [0.15, 0.2) is 0 Å². The first-order valence-electron chi connectivity index (χ1n) is 6.11. The first-order chi connectivity index (χ1) is 7.41. The molecule has 0 nitrogen and oxygen atoms in total. The van der Waals surface area contributed by atoms with Crippen LogP contribution in [0.1, 0.15) is 51.4 Å². The first kappa shape index (κ1) is 16.4. The second-order valence-electron chi connectivity index (χ2n) is 3.82.